The van der Waals surface area contributed by atoms with Gasteiger partial charge in [0.2, 0.25) is 11.8 Å². The summed E-state index contributed by atoms with van der Waals surface area (Å²) < 4.78 is 27.5. The molecule has 0 aliphatic rings. The van der Waals surface area contributed by atoms with Crippen LogP contribution >= 0.6 is 0 Å². The van der Waals surface area contributed by atoms with Crippen LogP contribution in [0.2, 0.25) is 0 Å². The molecule has 3 aromatic carbocycles. The molecule has 5 rings (SSSR count). The molecule has 0 aliphatic carbocycles. The summed E-state index contributed by atoms with van der Waals surface area (Å²) >= 11 is 0. The van der Waals surface area contributed by atoms with E-state index in [4.69, 9.17) is 5.73 Å². The number of nitrogens with zero attached hydrogens (tertiary/aromatic N) is 1. The maximum Gasteiger partial charge on any atom is 0.249 e. The van der Waals surface area contributed by atoms with E-state index in [1.165, 1.54) is 0 Å². The molecule has 2 aromatic heterocycles. The highest BCUT2D eigenvalue weighted by molar-refractivity contribution is 6.24. The maximum absolute atomic E-state index is 14.0. The highest BCUT2D eigenvalue weighted by atomic mass is 19.1. The van der Waals surface area contributed by atoms with Crippen LogP contribution in [-0.2, 0) is 16.0 Å². The molecule has 0 radical (unpaired) electrons. The van der Waals surface area contributed by atoms with Crippen molar-refractivity contribution in [1.29, 1.82) is 0 Å². The number of carbonyl (C=O) groups is 2. The van der Waals surface area contributed by atoms with E-state index in [1.807, 2.05) is 30.3 Å². The monoisotopic (exact) mass is 508 g/mol. The number of H-pyrrole nitrogens is 1. The number of rotatable bonds is 7. The van der Waals surface area contributed by atoms with E-state index in [0.717, 1.165) is 29.1 Å². The summed E-state index contributed by atoms with van der Waals surface area (Å²) in [6.07, 6.45) is 3.50. The first-order valence-electron chi connectivity index (χ1n) is 11.8. The molecular weight excluding hydrogens is 486 g/mol. The van der Waals surface area contributed by atoms with Crippen molar-refractivity contribution >= 4 is 40.3 Å². The van der Waals surface area contributed by atoms with E-state index in [-0.39, 0.29) is 17.9 Å². The third-order valence-corrected chi connectivity index (χ3v) is 6.05. The lowest BCUT2D eigenvalue weighted by Gasteiger charge is -2.07. The third kappa shape index (κ3) is 5.34. The van der Waals surface area contributed by atoms with E-state index in [0.29, 0.717) is 33.7 Å². The molecule has 0 unspecified atom stereocenters. The van der Waals surface area contributed by atoms with Crippen molar-refractivity contribution in [2.24, 2.45) is 5.73 Å². The highest BCUT2D eigenvalue weighted by Crippen LogP contribution is 2.26. The zero-order chi connectivity index (χ0) is 26.6. The quantitative estimate of drug-likeness (QED) is 0.245. The second-order valence-corrected chi connectivity index (χ2v) is 8.67. The molecule has 8 heteroatoms. The van der Waals surface area contributed by atoms with E-state index < -0.39 is 17.5 Å². The molecule has 0 spiro atoms. The number of fused-ring (bicyclic) bond motifs is 1. The van der Waals surface area contributed by atoms with Gasteiger partial charge in [0, 0.05) is 28.3 Å². The first kappa shape index (κ1) is 24.6. The van der Waals surface area contributed by atoms with Crippen LogP contribution in [0.1, 0.15) is 16.7 Å². The number of primary amides is 1. The lowest BCUT2D eigenvalue weighted by Crippen LogP contribution is -2.15. The Kier molecular flexibility index (Phi) is 6.78. The van der Waals surface area contributed by atoms with Gasteiger partial charge < -0.3 is 16.0 Å². The number of nitrogens with one attached hydrogen (secondary N) is 2. The van der Waals surface area contributed by atoms with Crippen molar-refractivity contribution < 1.29 is 18.4 Å². The molecule has 0 atom stereocenters. The largest absolute Gasteiger partial charge is 0.366 e. The topological polar surface area (TPSA) is 101 Å². The van der Waals surface area contributed by atoms with Gasteiger partial charge in [-0.1, -0.05) is 54.6 Å². The predicted octanol–water partition coefficient (Wildman–Crippen LogP) is 5.72. The van der Waals surface area contributed by atoms with Gasteiger partial charge in [-0.25, -0.2) is 13.8 Å². The fraction of sp³-hybridized carbons (Fsp3) is 0.0333. The SMILES string of the molecule is NC(=O)C(=Cc1c[nH]c2nc(NC(=O)Cc3ccc(-c4cc(F)ccc4F)cc3)ccc12)c1ccccc1. The Hall–Kier alpha value is -5.11. The van der Waals surface area contributed by atoms with Crippen LogP contribution in [0.25, 0.3) is 33.8 Å². The average Bonchev–Trinajstić information content (AvgIpc) is 3.31. The van der Waals surface area contributed by atoms with Crippen molar-refractivity contribution in [3.8, 4) is 11.1 Å². The summed E-state index contributed by atoms with van der Waals surface area (Å²) in [7, 11) is 0. The Bertz CT molecular complexity index is 1680. The molecular formula is C30H22F2N4O2. The van der Waals surface area contributed by atoms with Gasteiger partial charge in [0.1, 0.15) is 23.1 Å². The summed E-state index contributed by atoms with van der Waals surface area (Å²) in [6.45, 7) is 0. The summed E-state index contributed by atoms with van der Waals surface area (Å²) in [5, 5.41) is 3.53. The van der Waals surface area contributed by atoms with Gasteiger partial charge in [-0.05, 0) is 53.1 Å². The second-order valence-electron chi connectivity index (χ2n) is 8.67. The number of halogens is 2. The van der Waals surface area contributed by atoms with Crippen LogP contribution in [0.3, 0.4) is 0 Å². The number of anilines is 1. The van der Waals surface area contributed by atoms with Crippen molar-refractivity contribution in [3.63, 3.8) is 0 Å². The molecule has 0 saturated carbocycles. The van der Waals surface area contributed by atoms with E-state index in [2.05, 4.69) is 15.3 Å². The maximum atomic E-state index is 14.0. The summed E-state index contributed by atoms with van der Waals surface area (Å²) in [5.74, 6) is -1.52. The number of hydrogen-bond donors (Lipinski definition) is 3. The minimum Gasteiger partial charge on any atom is -0.366 e. The molecule has 6 nitrogen and oxygen atoms in total. The van der Waals surface area contributed by atoms with Gasteiger partial charge in [-0.15, -0.1) is 0 Å². The zero-order valence-corrected chi connectivity index (χ0v) is 20.0. The smallest absolute Gasteiger partial charge is 0.249 e. The molecule has 0 aliphatic heterocycles. The molecule has 188 valence electrons. The van der Waals surface area contributed by atoms with E-state index in [1.54, 1.807) is 48.7 Å². The average molecular weight is 509 g/mol. The number of nitrogens with two attached hydrogens (primary N) is 1. The number of aromatic nitrogens is 2. The van der Waals surface area contributed by atoms with Gasteiger partial charge in [-0.3, -0.25) is 9.59 Å². The molecule has 5 aromatic rings. The molecule has 38 heavy (non-hydrogen) atoms. The number of hydrogen-bond acceptors (Lipinski definition) is 3. The summed E-state index contributed by atoms with van der Waals surface area (Å²) in [4.78, 5) is 32.2. The summed E-state index contributed by atoms with van der Waals surface area (Å²) in [5.41, 5.74) is 9.34. The van der Waals surface area contributed by atoms with Crippen LogP contribution in [0.4, 0.5) is 14.6 Å². The van der Waals surface area contributed by atoms with E-state index in [9.17, 15) is 18.4 Å². The molecule has 4 N–H and O–H groups in total. The minimum absolute atomic E-state index is 0.0728. The van der Waals surface area contributed by atoms with Crippen molar-refractivity contribution in [2.75, 3.05) is 5.32 Å². The number of pyridine rings is 1. The Morgan fingerprint density at radius 1 is 0.947 bits per heavy atom. The van der Waals surface area contributed by atoms with Crippen molar-refractivity contribution in [1.82, 2.24) is 9.97 Å². The van der Waals surface area contributed by atoms with Gasteiger partial charge >= 0.3 is 0 Å². The van der Waals surface area contributed by atoms with Gasteiger partial charge in [0.25, 0.3) is 0 Å². The number of aromatic amines is 1. The number of carbonyl (C=O) groups excluding carboxylic acids is 2. The van der Waals surface area contributed by atoms with E-state index >= 15 is 0 Å². The normalized spacial score (nSPS) is 11.5. The van der Waals surface area contributed by atoms with Crippen LogP contribution in [0.5, 0.6) is 0 Å². The lowest BCUT2D eigenvalue weighted by atomic mass is 10.0. The van der Waals surface area contributed by atoms with Crippen LogP contribution in [0, 0.1) is 11.6 Å². The van der Waals surface area contributed by atoms with Crippen molar-refractivity contribution in [3.05, 3.63) is 119 Å². The van der Waals surface area contributed by atoms with Gasteiger partial charge in [-0.2, -0.15) is 0 Å². The molecule has 0 saturated heterocycles. The fourth-order valence-electron chi connectivity index (χ4n) is 4.18. The minimum atomic E-state index is -0.545. The Labute approximate surface area is 216 Å². The first-order chi connectivity index (χ1) is 18.4. The number of amides is 2. The molecule has 0 fully saturated rings. The van der Waals surface area contributed by atoms with Crippen molar-refractivity contribution in [2.45, 2.75) is 6.42 Å². The first-order valence-corrected chi connectivity index (χ1v) is 11.8. The predicted molar refractivity (Wildman–Crippen MR) is 144 cm³/mol. The fourth-order valence-corrected chi connectivity index (χ4v) is 4.18. The molecule has 2 heterocycles. The Morgan fingerprint density at radius 2 is 1.71 bits per heavy atom. The third-order valence-electron chi connectivity index (χ3n) is 6.05. The summed E-state index contributed by atoms with van der Waals surface area (Å²) in [6, 6.07) is 22.6. The molecule has 2 amide bonds. The molecule has 0 bridgehead atoms. The van der Waals surface area contributed by atoms with Crippen LogP contribution < -0.4 is 11.1 Å². The standard InChI is InChI=1S/C30H22F2N4O2/c31-22-10-12-26(32)24(16-22)20-8-6-18(7-9-20)14-28(37)35-27-13-11-23-21(17-34-30(23)36-27)15-25(29(33)38)19-4-2-1-3-5-19/h1-13,15-17H,14H2,(H2,33,38)(H2,34,35,36,37). The highest BCUT2D eigenvalue weighted by Gasteiger charge is 2.13. The Morgan fingerprint density at radius 3 is 2.45 bits per heavy atom. The van der Waals surface area contributed by atoms with Crippen LogP contribution in [0.15, 0.2) is 91.1 Å². The van der Waals surface area contributed by atoms with Gasteiger partial charge in [0.05, 0.1) is 6.42 Å². The second kappa shape index (κ2) is 10.5. The lowest BCUT2D eigenvalue weighted by molar-refractivity contribution is -0.115. The number of benzene rings is 3. The van der Waals surface area contributed by atoms with Gasteiger partial charge in [0.15, 0.2) is 0 Å². The van der Waals surface area contributed by atoms with Crippen LogP contribution in [-0.4, -0.2) is 21.8 Å². The Balaban J connectivity index is 1.30. The zero-order valence-electron chi connectivity index (χ0n) is 20.0.